The molecule has 1 atom stereocenters. The molecule has 14 heavy (non-hydrogen) atoms. The Morgan fingerprint density at radius 2 is 1.86 bits per heavy atom. The highest BCUT2D eigenvalue weighted by atomic mass is 19.3. The van der Waals surface area contributed by atoms with Crippen molar-refractivity contribution in [1.29, 1.82) is 0 Å². The summed E-state index contributed by atoms with van der Waals surface area (Å²) >= 11 is 0. The van der Waals surface area contributed by atoms with Gasteiger partial charge in [0.2, 0.25) is 0 Å². The number of hydrogen-bond acceptors (Lipinski definition) is 2. The van der Waals surface area contributed by atoms with Crippen LogP contribution in [0.25, 0.3) is 0 Å². The first-order valence-corrected chi connectivity index (χ1v) is 4.41. The van der Waals surface area contributed by atoms with Gasteiger partial charge in [0.1, 0.15) is 5.75 Å². The number of benzene rings is 1. The van der Waals surface area contributed by atoms with Crippen molar-refractivity contribution >= 4 is 0 Å². The maximum Gasteiger partial charge on any atom is 0.257 e. The highest BCUT2D eigenvalue weighted by Gasteiger charge is 2.16. The highest BCUT2D eigenvalue weighted by molar-refractivity contribution is 5.29. The van der Waals surface area contributed by atoms with Gasteiger partial charge in [0.05, 0.1) is 12.6 Å². The van der Waals surface area contributed by atoms with E-state index in [1.54, 1.807) is 24.3 Å². The van der Waals surface area contributed by atoms with Crippen LogP contribution in [0.4, 0.5) is 8.78 Å². The molecule has 0 aliphatic rings. The maximum atomic E-state index is 12.2. The standard InChI is InChI=1S/C10H13F2NO/c1-2-14-8-5-3-7(4-6-8)9(13)10(11)12/h3-6,9-10H,2,13H2,1H3/t9-/m0/s1. The lowest BCUT2D eigenvalue weighted by Gasteiger charge is -2.11. The summed E-state index contributed by atoms with van der Waals surface area (Å²) in [5, 5.41) is 0. The summed E-state index contributed by atoms with van der Waals surface area (Å²) in [5.41, 5.74) is 5.69. The number of hydrogen-bond donors (Lipinski definition) is 1. The molecule has 0 heterocycles. The monoisotopic (exact) mass is 201 g/mol. The Bertz CT molecular complexity index is 274. The Balaban J connectivity index is 2.72. The fourth-order valence-corrected chi connectivity index (χ4v) is 1.10. The molecule has 0 bridgehead atoms. The fourth-order valence-electron chi connectivity index (χ4n) is 1.10. The number of rotatable bonds is 4. The molecule has 0 radical (unpaired) electrons. The predicted octanol–water partition coefficient (Wildman–Crippen LogP) is 2.35. The van der Waals surface area contributed by atoms with E-state index in [0.717, 1.165) is 0 Å². The lowest BCUT2D eigenvalue weighted by Crippen LogP contribution is -2.18. The highest BCUT2D eigenvalue weighted by Crippen LogP contribution is 2.20. The van der Waals surface area contributed by atoms with Crippen molar-refractivity contribution in [3.63, 3.8) is 0 Å². The van der Waals surface area contributed by atoms with Crippen LogP contribution in [0.3, 0.4) is 0 Å². The average molecular weight is 201 g/mol. The molecule has 0 aliphatic carbocycles. The van der Waals surface area contributed by atoms with E-state index in [1.165, 1.54) is 0 Å². The minimum Gasteiger partial charge on any atom is -0.494 e. The SMILES string of the molecule is CCOc1ccc([C@H](N)C(F)F)cc1. The Morgan fingerprint density at radius 1 is 1.29 bits per heavy atom. The van der Waals surface area contributed by atoms with Crippen LogP contribution in [-0.2, 0) is 0 Å². The molecule has 1 aromatic rings. The van der Waals surface area contributed by atoms with Gasteiger partial charge in [0.25, 0.3) is 6.43 Å². The number of alkyl halides is 2. The van der Waals surface area contributed by atoms with Crippen molar-refractivity contribution in [2.45, 2.75) is 19.4 Å². The first kappa shape index (κ1) is 10.9. The molecule has 0 fully saturated rings. The fraction of sp³-hybridized carbons (Fsp3) is 0.400. The van der Waals surface area contributed by atoms with E-state index in [0.29, 0.717) is 17.9 Å². The van der Waals surface area contributed by atoms with Gasteiger partial charge in [0, 0.05) is 0 Å². The summed E-state index contributed by atoms with van der Waals surface area (Å²) in [5.74, 6) is 0.665. The van der Waals surface area contributed by atoms with Gasteiger partial charge in [-0.05, 0) is 24.6 Å². The third-order valence-electron chi connectivity index (χ3n) is 1.85. The van der Waals surface area contributed by atoms with Crippen LogP contribution >= 0.6 is 0 Å². The minimum absolute atomic E-state index is 0.420. The van der Waals surface area contributed by atoms with Crippen LogP contribution in [0.15, 0.2) is 24.3 Å². The van der Waals surface area contributed by atoms with Crippen molar-refractivity contribution in [2.24, 2.45) is 5.73 Å². The van der Waals surface area contributed by atoms with Gasteiger partial charge in [0.15, 0.2) is 0 Å². The number of nitrogens with two attached hydrogens (primary N) is 1. The third kappa shape index (κ3) is 2.67. The van der Waals surface area contributed by atoms with Gasteiger partial charge >= 0.3 is 0 Å². The van der Waals surface area contributed by atoms with Gasteiger partial charge in [-0.1, -0.05) is 12.1 Å². The number of halogens is 2. The second kappa shape index (κ2) is 4.91. The molecule has 0 amide bonds. The van der Waals surface area contributed by atoms with Crippen LogP contribution in [0.2, 0.25) is 0 Å². The Labute approximate surface area is 81.7 Å². The van der Waals surface area contributed by atoms with E-state index >= 15 is 0 Å². The molecular weight excluding hydrogens is 188 g/mol. The van der Waals surface area contributed by atoms with E-state index in [9.17, 15) is 8.78 Å². The van der Waals surface area contributed by atoms with E-state index in [2.05, 4.69) is 0 Å². The molecule has 1 aromatic carbocycles. The van der Waals surface area contributed by atoms with Crippen LogP contribution in [-0.4, -0.2) is 13.0 Å². The van der Waals surface area contributed by atoms with Crippen molar-refractivity contribution < 1.29 is 13.5 Å². The van der Waals surface area contributed by atoms with E-state index in [-0.39, 0.29) is 0 Å². The summed E-state index contributed by atoms with van der Waals surface area (Å²) in [7, 11) is 0. The largest absolute Gasteiger partial charge is 0.494 e. The molecule has 2 N–H and O–H groups in total. The molecule has 0 spiro atoms. The molecule has 4 heteroatoms. The molecule has 0 unspecified atom stereocenters. The molecule has 0 aromatic heterocycles. The van der Waals surface area contributed by atoms with Crippen molar-refractivity contribution in [2.75, 3.05) is 6.61 Å². The summed E-state index contributed by atoms with van der Waals surface area (Å²) in [6.45, 7) is 2.42. The predicted molar refractivity (Wildman–Crippen MR) is 50.5 cm³/mol. The van der Waals surface area contributed by atoms with Crippen molar-refractivity contribution in [3.8, 4) is 5.75 Å². The van der Waals surface area contributed by atoms with Gasteiger partial charge < -0.3 is 10.5 Å². The molecular formula is C10H13F2NO. The summed E-state index contributed by atoms with van der Waals surface area (Å²) in [6, 6.07) is 5.18. The topological polar surface area (TPSA) is 35.2 Å². The molecule has 2 nitrogen and oxygen atoms in total. The van der Waals surface area contributed by atoms with Gasteiger partial charge in [-0.25, -0.2) is 8.78 Å². The number of ether oxygens (including phenoxy) is 1. The molecule has 0 aliphatic heterocycles. The van der Waals surface area contributed by atoms with Crippen LogP contribution in [0, 0.1) is 0 Å². The van der Waals surface area contributed by atoms with Crippen LogP contribution in [0.1, 0.15) is 18.5 Å². The Kier molecular flexibility index (Phi) is 3.83. The van der Waals surface area contributed by atoms with Crippen molar-refractivity contribution in [3.05, 3.63) is 29.8 Å². The lowest BCUT2D eigenvalue weighted by atomic mass is 10.1. The smallest absolute Gasteiger partial charge is 0.257 e. The van der Waals surface area contributed by atoms with Crippen molar-refractivity contribution in [1.82, 2.24) is 0 Å². The van der Waals surface area contributed by atoms with E-state index in [1.807, 2.05) is 6.92 Å². The average Bonchev–Trinajstić information content (AvgIpc) is 2.18. The quantitative estimate of drug-likeness (QED) is 0.811. The van der Waals surface area contributed by atoms with Gasteiger partial charge in [-0.15, -0.1) is 0 Å². The zero-order valence-corrected chi connectivity index (χ0v) is 7.91. The minimum atomic E-state index is -2.53. The van der Waals surface area contributed by atoms with Gasteiger partial charge in [-0.2, -0.15) is 0 Å². The van der Waals surface area contributed by atoms with Crippen LogP contribution < -0.4 is 10.5 Å². The second-order valence-electron chi connectivity index (χ2n) is 2.86. The maximum absolute atomic E-state index is 12.2. The third-order valence-corrected chi connectivity index (χ3v) is 1.85. The normalized spacial score (nSPS) is 12.9. The lowest BCUT2D eigenvalue weighted by molar-refractivity contribution is 0.116. The summed E-state index contributed by atoms with van der Waals surface area (Å²) < 4.78 is 29.6. The first-order valence-electron chi connectivity index (χ1n) is 4.41. The van der Waals surface area contributed by atoms with E-state index in [4.69, 9.17) is 10.5 Å². The molecule has 0 saturated heterocycles. The second-order valence-corrected chi connectivity index (χ2v) is 2.86. The summed E-state index contributed by atoms with van der Waals surface area (Å²) in [6.07, 6.45) is -2.53. The van der Waals surface area contributed by atoms with Gasteiger partial charge in [-0.3, -0.25) is 0 Å². The molecule has 1 rings (SSSR count). The molecule has 0 saturated carbocycles. The van der Waals surface area contributed by atoms with Crippen LogP contribution in [0.5, 0.6) is 5.75 Å². The van der Waals surface area contributed by atoms with E-state index < -0.39 is 12.5 Å². The zero-order chi connectivity index (χ0) is 10.6. The molecule has 78 valence electrons. The summed E-state index contributed by atoms with van der Waals surface area (Å²) in [4.78, 5) is 0. The Hall–Kier alpha value is -1.16. The first-order chi connectivity index (χ1) is 6.65. The zero-order valence-electron chi connectivity index (χ0n) is 7.91. The Morgan fingerprint density at radius 3 is 2.29 bits per heavy atom.